The lowest BCUT2D eigenvalue weighted by Crippen LogP contribution is -2.28. The van der Waals surface area contributed by atoms with Crippen molar-refractivity contribution in [2.45, 2.75) is 31.7 Å². The SMILES string of the molecule is COC(=O)CS(=O)(=O)c1ccc([C@@H](C)NC(=O)c2cc3c(Cl)cc(C)c(C)c3n2C)cc1. The van der Waals surface area contributed by atoms with E-state index in [1.165, 1.54) is 12.1 Å². The third-order valence-corrected chi connectivity index (χ3v) is 7.55. The molecule has 170 valence electrons. The molecule has 1 amide bonds. The van der Waals surface area contributed by atoms with E-state index in [0.717, 1.165) is 34.7 Å². The van der Waals surface area contributed by atoms with Gasteiger partial charge < -0.3 is 14.6 Å². The van der Waals surface area contributed by atoms with Gasteiger partial charge in [0, 0.05) is 12.4 Å². The number of ether oxygens (including phenoxy) is 1. The maximum absolute atomic E-state index is 13.0. The fraction of sp³-hybridized carbons (Fsp3) is 0.304. The molecule has 3 aromatic rings. The number of benzene rings is 2. The van der Waals surface area contributed by atoms with Gasteiger partial charge in [-0.3, -0.25) is 9.59 Å². The van der Waals surface area contributed by atoms with Crippen molar-refractivity contribution in [1.82, 2.24) is 9.88 Å². The molecule has 1 heterocycles. The number of nitrogens with zero attached hydrogens (tertiary/aromatic N) is 1. The van der Waals surface area contributed by atoms with Crippen LogP contribution in [0, 0.1) is 13.8 Å². The quantitative estimate of drug-likeness (QED) is 0.545. The highest BCUT2D eigenvalue weighted by Gasteiger charge is 2.22. The van der Waals surface area contributed by atoms with Crippen LogP contribution in [-0.2, 0) is 26.4 Å². The molecule has 0 aliphatic heterocycles. The number of carbonyl (C=O) groups excluding carboxylic acids is 2. The Hall–Kier alpha value is -2.84. The first-order valence-electron chi connectivity index (χ1n) is 9.91. The van der Waals surface area contributed by atoms with Gasteiger partial charge in [-0.05, 0) is 61.7 Å². The first-order valence-corrected chi connectivity index (χ1v) is 11.9. The van der Waals surface area contributed by atoms with Crippen LogP contribution in [0.1, 0.15) is 40.1 Å². The van der Waals surface area contributed by atoms with E-state index in [1.807, 2.05) is 31.5 Å². The highest BCUT2D eigenvalue weighted by molar-refractivity contribution is 7.92. The molecule has 2 aromatic carbocycles. The smallest absolute Gasteiger partial charge is 0.321 e. The highest BCUT2D eigenvalue weighted by Crippen LogP contribution is 2.31. The van der Waals surface area contributed by atoms with Gasteiger partial charge in [-0.25, -0.2) is 8.42 Å². The topological polar surface area (TPSA) is 94.5 Å². The van der Waals surface area contributed by atoms with Crippen LogP contribution in [0.25, 0.3) is 10.9 Å². The summed E-state index contributed by atoms with van der Waals surface area (Å²) >= 11 is 6.40. The molecule has 1 aromatic heterocycles. The molecule has 0 aliphatic rings. The summed E-state index contributed by atoms with van der Waals surface area (Å²) in [5.74, 6) is -1.82. The normalized spacial score (nSPS) is 12.6. The second-order valence-corrected chi connectivity index (χ2v) is 10.1. The number of hydrogen-bond donors (Lipinski definition) is 1. The number of halogens is 1. The standard InChI is InChI=1S/C23H25ClN2O5S/c1-13-10-19(24)18-11-20(26(4)22(18)14(13)2)23(28)25-15(3)16-6-8-17(9-7-16)32(29,30)12-21(27)31-5/h6-11,15H,12H2,1-5H3,(H,25,28)/t15-/m1/s1. The molecule has 0 radical (unpaired) electrons. The van der Waals surface area contributed by atoms with Crippen LogP contribution in [-0.4, -0.2) is 37.7 Å². The van der Waals surface area contributed by atoms with E-state index in [-0.39, 0.29) is 16.8 Å². The average molecular weight is 477 g/mol. The van der Waals surface area contributed by atoms with Gasteiger partial charge >= 0.3 is 5.97 Å². The lowest BCUT2D eigenvalue weighted by molar-refractivity contribution is -0.137. The predicted octanol–water partition coefficient (Wildman–Crippen LogP) is 3.89. The minimum absolute atomic E-state index is 0.0133. The summed E-state index contributed by atoms with van der Waals surface area (Å²) < 4.78 is 30.8. The molecule has 1 atom stereocenters. The van der Waals surface area contributed by atoms with E-state index in [2.05, 4.69) is 10.1 Å². The molecule has 0 spiro atoms. The number of sulfone groups is 1. The van der Waals surface area contributed by atoms with Gasteiger partial charge in [0.25, 0.3) is 5.91 Å². The summed E-state index contributed by atoms with van der Waals surface area (Å²) in [5, 5.41) is 4.35. The molecular formula is C23H25ClN2O5S. The summed E-state index contributed by atoms with van der Waals surface area (Å²) in [6.07, 6.45) is 0. The Morgan fingerprint density at radius 3 is 2.38 bits per heavy atom. The first-order chi connectivity index (χ1) is 15.0. The molecular weight excluding hydrogens is 452 g/mol. The van der Waals surface area contributed by atoms with Gasteiger partial charge in [-0.1, -0.05) is 23.7 Å². The zero-order valence-electron chi connectivity index (χ0n) is 18.5. The van der Waals surface area contributed by atoms with E-state index in [9.17, 15) is 18.0 Å². The predicted molar refractivity (Wildman–Crippen MR) is 124 cm³/mol. The van der Waals surface area contributed by atoms with Crippen LogP contribution in [0.15, 0.2) is 41.3 Å². The largest absolute Gasteiger partial charge is 0.468 e. The fourth-order valence-electron chi connectivity index (χ4n) is 3.63. The van der Waals surface area contributed by atoms with Gasteiger partial charge in [0.15, 0.2) is 15.6 Å². The lowest BCUT2D eigenvalue weighted by atomic mass is 10.1. The van der Waals surface area contributed by atoms with Crippen LogP contribution in [0.2, 0.25) is 5.02 Å². The van der Waals surface area contributed by atoms with Crippen molar-refractivity contribution in [3.63, 3.8) is 0 Å². The number of esters is 1. The highest BCUT2D eigenvalue weighted by atomic mass is 35.5. The Labute approximate surface area is 192 Å². The lowest BCUT2D eigenvalue weighted by Gasteiger charge is -2.15. The summed E-state index contributed by atoms with van der Waals surface area (Å²) in [6, 6.07) is 9.34. The number of rotatable bonds is 6. The maximum Gasteiger partial charge on any atom is 0.321 e. The molecule has 32 heavy (non-hydrogen) atoms. The van der Waals surface area contributed by atoms with Gasteiger partial charge in [-0.15, -0.1) is 0 Å². The van der Waals surface area contributed by atoms with Crippen LogP contribution in [0.3, 0.4) is 0 Å². The number of fused-ring (bicyclic) bond motifs is 1. The minimum Gasteiger partial charge on any atom is -0.468 e. The van der Waals surface area contributed by atoms with Crippen molar-refractivity contribution >= 4 is 44.2 Å². The van der Waals surface area contributed by atoms with Crippen molar-refractivity contribution in [3.05, 3.63) is 63.8 Å². The Morgan fingerprint density at radius 2 is 1.78 bits per heavy atom. The van der Waals surface area contributed by atoms with Crippen LogP contribution >= 0.6 is 11.6 Å². The summed E-state index contributed by atoms with van der Waals surface area (Å²) in [5.41, 5.74) is 4.21. The monoisotopic (exact) mass is 476 g/mol. The van der Waals surface area contributed by atoms with E-state index < -0.39 is 21.6 Å². The Kier molecular flexibility index (Phi) is 6.67. The zero-order valence-corrected chi connectivity index (χ0v) is 20.1. The third kappa shape index (κ3) is 4.52. The fourth-order valence-corrected chi connectivity index (χ4v) is 5.09. The molecule has 9 heteroatoms. The Morgan fingerprint density at radius 1 is 1.16 bits per heavy atom. The number of hydrogen-bond acceptors (Lipinski definition) is 5. The van der Waals surface area contributed by atoms with Crippen LogP contribution < -0.4 is 5.32 Å². The molecule has 3 rings (SSSR count). The molecule has 0 saturated heterocycles. The molecule has 0 bridgehead atoms. The first kappa shape index (κ1) is 23.8. The minimum atomic E-state index is -3.79. The van der Waals surface area contributed by atoms with Crippen LogP contribution in [0.4, 0.5) is 0 Å². The van der Waals surface area contributed by atoms with Crippen molar-refractivity contribution < 1.29 is 22.7 Å². The number of aromatic nitrogens is 1. The van der Waals surface area contributed by atoms with Gasteiger partial charge in [0.1, 0.15) is 5.69 Å². The van der Waals surface area contributed by atoms with Crippen molar-refractivity contribution in [1.29, 1.82) is 0 Å². The molecule has 7 nitrogen and oxygen atoms in total. The maximum atomic E-state index is 13.0. The summed E-state index contributed by atoms with van der Waals surface area (Å²) in [6.45, 7) is 5.78. The number of methoxy groups -OCH3 is 1. The second kappa shape index (κ2) is 8.96. The molecule has 0 unspecified atom stereocenters. The third-order valence-electron chi connectivity index (χ3n) is 5.64. The van der Waals surface area contributed by atoms with Gasteiger partial charge in [0.2, 0.25) is 0 Å². The van der Waals surface area contributed by atoms with E-state index in [4.69, 9.17) is 11.6 Å². The average Bonchev–Trinajstić information content (AvgIpc) is 3.09. The Bertz CT molecular complexity index is 1310. The van der Waals surface area contributed by atoms with Crippen molar-refractivity contribution in [3.8, 4) is 0 Å². The van der Waals surface area contributed by atoms with E-state index in [0.29, 0.717) is 10.7 Å². The number of carbonyl (C=O) groups is 2. The summed E-state index contributed by atoms with van der Waals surface area (Å²) in [4.78, 5) is 24.3. The number of aryl methyl sites for hydroxylation is 3. The molecule has 1 N–H and O–H groups in total. The van der Waals surface area contributed by atoms with E-state index >= 15 is 0 Å². The number of nitrogens with one attached hydrogen (secondary N) is 1. The van der Waals surface area contributed by atoms with Gasteiger partial charge in [-0.2, -0.15) is 0 Å². The van der Waals surface area contributed by atoms with Crippen molar-refractivity contribution in [2.24, 2.45) is 7.05 Å². The van der Waals surface area contributed by atoms with Crippen molar-refractivity contribution in [2.75, 3.05) is 12.9 Å². The zero-order chi connectivity index (χ0) is 23.8. The van der Waals surface area contributed by atoms with Crippen LogP contribution in [0.5, 0.6) is 0 Å². The number of amides is 1. The molecule has 0 saturated carbocycles. The molecule has 0 fully saturated rings. The summed E-state index contributed by atoms with van der Waals surface area (Å²) in [7, 11) is -0.829. The van der Waals surface area contributed by atoms with Gasteiger partial charge in [0.05, 0.1) is 28.6 Å². The Balaban J connectivity index is 1.82. The molecule has 0 aliphatic carbocycles. The second-order valence-electron chi connectivity index (χ2n) is 7.75. The van der Waals surface area contributed by atoms with E-state index in [1.54, 1.807) is 25.1 Å².